The van der Waals surface area contributed by atoms with Crippen LogP contribution in [-0.4, -0.2) is 44.7 Å². The van der Waals surface area contributed by atoms with E-state index in [-0.39, 0.29) is 24.5 Å². The molecule has 0 aromatic heterocycles. The predicted molar refractivity (Wildman–Crippen MR) is 118 cm³/mol. The molecule has 31 heavy (non-hydrogen) atoms. The quantitative estimate of drug-likeness (QED) is 0.524. The lowest BCUT2D eigenvalue weighted by molar-refractivity contribution is -0.115. The Kier molecular flexibility index (Phi) is 8.25. The smallest absolute Gasteiger partial charge is 0.337 e. The summed E-state index contributed by atoms with van der Waals surface area (Å²) in [6.45, 7) is 5.04. The molecule has 2 rings (SSSR count). The maximum absolute atomic E-state index is 12.5. The number of hydrogen-bond donors (Lipinski definition) is 3. The van der Waals surface area contributed by atoms with Crippen LogP contribution in [0, 0.1) is 0 Å². The highest BCUT2D eigenvalue weighted by molar-refractivity contribution is 5.97. The molecule has 0 aliphatic heterocycles. The number of rotatable bonds is 9. The van der Waals surface area contributed by atoms with Gasteiger partial charge in [-0.25, -0.2) is 4.79 Å². The van der Waals surface area contributed by atoms with Crippen LogP contribution in [0.15, 0.2) is 36.4 Å². The number of hydrogen-bond acceptors (Lipinski definition) is 7. The third-order valence-corrected chi connectivity index (χ3v) is 4.00. The Bertz CT molecular complexity index is 958. The largest absolute Gasteiger partial charge is 0.495 e. The van der Waals surface area contributed by atoms with Crippen molar-refractivity contribution in [3.8, 4) is 11.5 Å². The molecule has 0 aliphatic rings. The lowest BCUT2D eigenvalue weighted by Gasteiger charge is -2.17. The molecule has 0 atom stereocenters. The van der Waals surface area contributed by atoms with E-state index in [4.69, 9.17) is 14.2 Å². The zero-order valence-electron chi connectivity index (χ0n) is 18.2. The lowest BCUT2D eigenvalue weighted by atomic mass is 10.2. The molecule has 2 aromatic carbocycles. The molecule has 166 valence electrons. The summed E-state index contributed by atoms with van der Waals surface area (Å²) in [5, 5.41) is 8.38. The van der Waals surface area contributed by atoms with Crippen molar-refractivity contribution in [3.05, 3.63) is 42.0 Å². The Morgan fingerprint density at radius 1 is 0.935 bits per heavy atom. The zero-order valence-corrected chi connectivity index (χ0v) is 18.2. The van der Waals surface area contributed by atoms with E-state index in [0.717, 1.165) is 0 Å². The molecular formula is C22H27N3O6. The third-order valence-electron chi connectivity index (χ3n) is 4.00. The van der Waals surface area contributed by atoms with Gasteiger partial charge >= 0.3 is 5.97 Å². The number of benzene rings is 2. The highest BCUT2D eigenvalue weighted by Gasteiger charge is 2.14. The first-order chi connectivity index (χ1) is 14.7. The Morgan fingerprint density at radius 3 is 2.26 bits per heavy atom. The van der Waals surface area contributed by atoms with Crippen molar-refractivity contribution in [2.45, 2.75) is 26.9 Å². The molecule has 0 radical (unpaired) electrons. The maximum atomic E-state index is 12.5. The van der Waals surface area contributed by atoms with Gasteiger partial charge in [0.25, 0.3) is 0 Å². The van der Waals surface area contributed by atoms with Crippen LogP contribution >= 0.6 is 0 Å². The van der Waals surface area contributed by atoms with Gasteiger partial charge in [0, 0.05) is 12.6 Å². The molecule has 2 aromatic rings. The van der Waals surface area contributed by atoms with Gasteiger partial charge in [0.1, 0.15) is 11.5 Å². The van der Waals surface area contributed by atoms with Gasteiger partial charge in [0.15, 0.2) is 0 Å². The number of esters is 1. The number of carbonyl (C=O) groups excluding carboxylic acids is 3. The molecular weight excluding hydrogens is 402 g/mol. The summed E-state index contributed by atoms with van der Waals surface area (Å²) in [5.74, 6) is -0.146. The van der Waals surface area contributed by atoms with Crippen molar-refractivity contribution in [1.82, 2.24) is 0 Å². The summed E-state index contributed by atoms with van der Waals surface area (Å²) in [7, 11) is 2.78. The highest BCUT2D eigenvalue weighted by atomic mass is 16.5. The topological polar surface area (TPSA) is 115 Å². The fourth-order valence-corrected chi connectivity index (χ4v) is 2.73. The van der Waals surface area contributed by atoms with Gasteiger partial charge in [-0.3, -0.25) is 9.59 Å². The van der Waals surface area contributed by atoms with Gasteiger partial charge < -0.3 is 30.2 Å². The molecule has 0 unspecified atom stereocenters. The number of ether oxygens (including phenoxy) is 3. The molecule has 9 nitrogen and oxygen atoms in total. The molecule has 3 N–H and O–H groups in total. The first-order valence-corrected chi connectivity index (χ1v) is 9.61. The normalized spacial score (nSPS) is 10.3. The lowest BCUT2D eigenvalue weighted by Crippen LogP contribution is -2.23. The van der Waals surface area contributed by atoms with Crippen LogP contribution in [0.4, 0.5) is 17.1 Å². The second-order valence-corrected chi connectivity index (χ2v) is 6.87. The van der Waals surface area contributed by atoms with Crippen LogP contribution in [-0.2, 0) is 14.3 Å². The van der Waals surface area contributed by atoms with Gasteiger partial charge in [0.2, 0.25) is 11.8 Å². The molecule has 0 saturated carbocycles. The van der Waals surface area contributed by atoms with Gasteiger partial charge in [-0.1, -0.05) is 0 Å². The van der Waals surface area contributed by atoms with E-state index in [0.29, 0.717) is 34.1 Å². The Labute approximate surface area is 181 Å². The molecule has 0 spiro atoms. The summed E-state index contributed by atoms with van der Waals surface area (Å²) in [6.07, 6.45) is -0.0980. The van der Waals surface area contributed by atoms with Gasteiger partial charge in [-0.15, -0.1) is 0 Å². The predicted octanol–water partition coefficient (Wildman–Crippen LogP) is 3.28. The van der Waals surface area contributed by atoms with E-state index in [9.17, 15) is 14.4 Å². The Balaban J connectivity index is 2.16. The van der Waals surface area contributed by atoms with Crippen LogP contribution in [0.25, 0.3) is 0 Å². The SMILES string of the molecule is COC(=O)c1ccc(OC(C)C)c(NCC(=O)Nc2cc(NC(C)=O)ccc2OC)c1. The minimum Gasteiger partial charge on any atom is -0.495 e. The zero-order chi connectivity index (χ0) is 23.0. The van der Waals surface area contributed by atoms with E-state index in [2.05, 4.69) is 16.0 Å². The fraction of sp³-hybridized carbons (Fsp3) is 0.318. The van der Waals surface area contributed by atoms with Crippen LogP contribution in [0.2, 0.25) is 0 Å². The standard InChI is InChI=1S/C22H27N3O6/c1-13(2)31-20-8-6-15(22(28)30-5)10-17(20)23-12-21(27)25-18-11-16(24-14(3)26)7-9-19(18)29-4/h6-11,13,23H,12H2,1-5H3,(H,24,26)(H,25,27). The molecule has 2 amide bonds. The average molecular weight is 429 g/mol. The van der Waals surface area contributed by atoms with Gasteiger partial charge in [-0.05, 0) is 50.2 Å². The van der Waals surface area contributed by atoms with Crippen molar-refractivity contribution >= 4 is 34.8 Å². The summed E-state index contributed by atoms with van der Waals surface area (Å²) in [5.41, 5.74) is 1.73. The van der Waals surface area contributed by atoms with Crippen molar-refractivity contribution in [1.29, 1.82) is 0 Å². The monoisotopic (exact) mass is 429 g/mol. The first kappa shape index (κ1) is 23.5. The first-order valence-electron chi connectivity index (χ1n) is 9.61. The number of anilines is 3. The molecule has 0 aliphatic carbocycles. The van der Waals surface area contributed by atoms with E-state index >= 15 is 0 Å². The number of carbonyl (C=O) groups is 3. The fourth-order valence-electron chi connectivity index (χ4n) is 2.73. The average Bonchev–Trinajstić information content (AvgIpc) is 2.71. The third kappa shape index (κ3) is 6.91. The second-order valence-electron chi connectivity index (χ2n) is 6.87. The van der Waals surface area contributed by atoms with Crippen molar-refractivity contribution in [2.75, 3.05) is 36.7 Å². The number of nitrogens with one attached hydrogen (secondary N) is 3. The van der Waals surface area contributed by atoms with Crippen molar-refractivity contribution in [2.24, 2.45) is 0 Å². The van der Waals surface area contributed by atoms with Crippen LogP contribution < -0.4 is 25.4 Å². The number of methoxy groups -OCH3 is 2. The molecule has 0 bridgehead atoms. The molecule has 0 saturated heterocycles. The van der Waals surface area contributed by atoms with Crippen LogP contribution in [0.3, 0.4) is 0 Å². The van der Waals surface area contributed by atoms with Gasteiger partial charge in [-0.2, -0.15) is 0 Å². The summed E-state index contributed by atoms with van der Waals surface area (Å²) in [6, 6.07) is 9.71. The van der Waals surface area contributed by atoms with Gasteiger partial charge in [0.05, 0.1) is 43.8 Å². The highest BCUT2D eigenvalue weighted by Crippen LogP contribution is 2.29. The van der Waals surface area contributed by atoms with Crippen LogP contribution in [0.5, 0.6) is 11.5 Å². The van der Waals surface area contributed by atoms with E-state index in [1.807, 2.05) is 13.8 Å². The van der Waals surface area contributed by atoms with Crippen LogP contribution in [0.1, 0.15) is 31.1 Å². The van der Waals surface area contributed by atoms with Crippen molar-refractivity contribution in [3.63, 3.8) is 0 Å². The summed E-state index contributed by atoms with van der Waals surface area (Å²) in [4.78, 5) is 35.7. The summed E-state index contributed by atoms with van der Waals surface area (Å²) < 4.78 is 15.8. The summed E-state index contributed by atoms with van der Waals surface area (Å²) >= 11 is 0. The number of amides is 2. The van der Waals surface area contributed by atoms with E-state index < -0.39 is 5.97 Å². The second kappa shape index (κ2) is 10.9. The Hall–Kier alpha value is -3.75. The van der Waals surface area contributed by atoms with Crippen molar-refractivity contribution < 1.29 is 28.6 Å². The minimum atomic E-state index is -0.497. The Morgan fingerprint density at radius 2 is 1.65 bits per heavy atom. The molecule has 0 fully saturated rings. The molecule has 0 heterocycles. The van der Waals surface area contributed by atoms with E-state index in [1.165, 1.54) is 21.1 Å². The maximum Gasteiger partial charge on any atom is 0.337 e. The minimum absolute atomic E-state index is 0.0980. The molecule has 9 heteroatoms. The van der Waals surface area contributed by atoms with E-state index in [1.54, 1.807) is 36.4 Å².